The molecule has 5 heteroatoms. The highest BCUT2D eigenvalue weighted by molar-refractivity contribution is 5.88. The minimum absolute atomic E-state index is 0.224. The second-order valence-electron chi connectivity index (χ2n) is 4.47. The summed E-state index contributed by atoms with van der Waals surface area (Å²) in [6.07, 6.45) is 0. The number of aromatic nitrogens is 2. The number of carboxylic acid groups (broad SMARTS) is 1. The van der Waals surface area contributed by atoms with Crippen LogP contribution in [0.2, 0.25) is 0 Å². The fourth-order valence-electron chi connectivity index (χ4n) is 1.84. The average Bonchev–Trinajstić information content (AvgIpc) is 2.66. The molecule has 0 atom stereocenters. The quantitative estimate of drug-likeness (QED) is 0.916. The molecule has 5 nitrogen and oxygen atoms in total. The lowest BCUT2D eigenvalue weighted by Gasteiger charge is -2.10. The highest BCUT2D eigenvalue weighted by Gasteiger charge is 2.08. The van der Waals surface area contributed by atoms with E-state index in [2.05, 4.69) is 5.10 Å². The standard InChI is InChI=1S/C14H16N2O3/c1-9-4-5-11(14(17)18)7-13(9)19-8-12-6-10(2)15-16(12)3/h4-7H,8H2,1-3H3,(H,17,18). The molecule has 0 spiro atoms. The Morgan fingerprint density at radius 2 is 2.11 bits per heavy atom. The van der Waals surface area contributed by atoms with E-state index in [4.69, 9.17) is 9.84 Å². The van der Waals surface area contributed by atoms with E-state index in [9.17, 15) is 4.79 Å². The summed E-state index contributed by atoms with van der Waals surface area (Å²) in [5.41, 5.74) is 3.00. The summed E-state index contributed by atoms with van der Waals surface area (Å²) in [7, 11) is 1.85. The van der Waals surface area contributed by atoms with E-state index in [1.165, 1.54) is 0 Å². The van der Waals surface area contributed by atoms with E-state index >= 15 is 0 Å². The van der Waals surface area contributed by atoms with Crippen molar-refractivity contribution in [3.8, 4) is 5.75 Å². The number of carboxylic acids is 1. The predicted molar refractivity (Wildman–Crippen MR) is 70.4 cm³/mol. The maximum atomic E-state index is 10.9. The Hall–Kier alpha value is -2.30. The molecular weight excluding hydrogens is 244 g/mol. The predicted octanol–water partition coefficient (Wildman–Crippen LogP) is 2.31. The van der Waals surface area contributed by atoms with Gasteiger partial charge in [-0.2, -0.15) is 5.10 Å². The zero-order valence-corrected chi connectivity index (χ0v) is 11.2. The molecule has 0 aliphatic rings. The van der Waals surface area contributed by atoms with Gasteiger partial charge >= 0.3 is 5.97 Å². The maximum Gasteiger partial charge on any atom is 0.335 e. The number of carbonyl (C=O) groups is 1. The second-order valence-corrected chi connectivity index (χ2v) is 4.47. The smallest absolute Gasteiger partial charge is 0.335 e. The van der Waals surface area contributed by atoms with Gasteiger partial charge in [-0.3, -0.25) is 4.68 Å². The van der Waals surface area contributed by atoms with Crippen LogP contribution in [-0.4, -0.2) is 20.9 Å². The summed E-state index contributed by atoms with van der Waals surface area (Å²) >= 11 is 0. The summed E-state index contributed by atoms with van der Waals surface area (Å²) < 4.78 is 7.44. The molecule has 0 saturated carbocycles. The molecule has 0 bridgehead atoms. The van der Waals surface area contributed by atoms with E-state index in [0.717, 1.165) is 17.0 Å². The first kappa shape index (κ1) is 13.1. The average molecular weight is 260 g/mol. The minimum atomic E-state index is -0.957. The first-order valence-corrected chi connectivity index (χ1v) is 5.93. The highest BCUT2D eigenvalue weighted by Crippen LogP contribution is 2.21. The summed E-state index contributed by atoms with van der Waals surface area (Å²) in [6.45, 7) is 4.16. The zero-order valence-electron chi connectivity index (χ0n) is 11.2. The van der Waals surface area contributed by atoms with Crippen LogP contribution in [0.25, 0.3) is 0 Å². The topological polar surface area (TPSA) is 64.3 Å². The van der Waals surface area contributed by atoms with E-state index in [1.54, 1.807) is 22.9 Å². The Kier molecular flexibility index (Phi) is 3.55. The lowest BCUT2D eigenvalue weighted by Crippen LogP contribution is -2.05. The van der Waals surface area contributed by atoms with Gasteiger partial charge in [0, 0.05) is 7.05 Å². The third-order valence-electron chi connectivity index (χ3n) is 2.91. The summed E-state index contributed by atoms with van der Waals surface area (Å²) in [5.74, 6) is -0.375. The monoisotopic (exact) mass is 260 g/mol. The van der Waals surface area contributed by atoms with E-state index in [1.807, 2.05) is 27.0 Å². The van der Waals surface area contributed by atoms with Crippen molar-refractivity contribution in [2.75, 3.05) is 0 Å². The van der Waals surface area contributed by atoms with Crippen LogP contribution < -0.4 is 4.74 Å². The maximum absolute atomic E-state index is 10.9. The van der Waals surface area contributed by atoms with Crippen LogP contribution in [0.1, 0.15) is 27.3 Å². The Bertz CT molecular complexity index is 617. The zero-order chi connectivity index (χ0) is 14.0. The van der Waals surface area contributed by atoms with Gasteiger partial charge in [0.15, 0.2) is 0 Å². The normalized spacial score (nSPS) is 10.5. The van der Waals surface area contributed by atoms with Crippen molar-refractivity contribution in [1.29, 1.82) is 0 Å². The van der Waals surface area contributed by atoms with E-state index < -0.39 is 5.97 Å². The SMILES string of the molecule is Cc1cc(COc2cc(C(=O)O)ccc2C)n(C)n1. The summed E-state index contributed by atoms with van der Waals surface area (Å²) in [4.78, 5) is 10.9. The number of ether oxygens (including phenoxy) is 1. The Balaban J connectivity index is 2.17. The summed E-state index contributed by atoms with van der Waals surface area (Å²) in [6, 6.07) is 6.79. The van der Waals surface area contributed by atoms with Gasteiger partial charge in [-0.05, 0) is 37.6 Å². The van der Waals surface area contributed by atoms with E-state index in [-0.39, 0.29) is 5.56 Å². The van der Waals surface area contributed by atoms with Crippen LogP contribution in [0, 0.1) is 13.8 Å². The molecule has 0 amide bonds. The number of aromatic carboxylic acids is 1. The van der Waals surface area contributed by atoms with Crippen molar-refractivity contribution in [3.63, 3.8) is 0 Å². The van der Waals surface area contributed by atoms with Crippen LogP contribution in [0.5, 0.6) is 5.75 Å². The van der Waals surface area contributed by atoms with Gasteiger partial charge in [0.2, 0.25) is 0 Å². The lowest BCUT2D eigenvalue weighted by atomic mass is 10.1. The van der Waals surface area contributed by atoms with Crippen molar-refractivity contribution in [1.82, 2.24) is 9.78 Å². The van der Waals surface area contributed by atoms with Gasteiger partial charge in [0.25, 0.3) is 0 Å². The van der Waals surface area contributed by atoms with Crippen LogP contribution in [0.15, 0.2) is 24.3 Å². The van der Waals surface area contributed by atoms with Gasteiger partial charge in [0.05, 0.1) is 17.0 Å². The van der Waals surface area contributed by atoms with Gasteiger partial charge in [0.1, 0.15) is 12.4 Å². The van der Waals surface area contributed by atoms with Crippen LogP contribution in [-0.2, 0) is 13.7 Å². The van der Waals surface area contributed by atoms with Crippen molar-refractivity contribution in [3.05, 3.63) is 46.8 Å². The van der Waals surface area contributed by atoms with Crippen molar-refractivity contribution < 1.29 is 14.6 Å². The third kappa shape index (κ3) is 2.93. The molecule has 0 fully saturated rings. The fourth-order valence-corrected chi connectivity index (χ4v) is 1.84. The van der Waals surface area contributed by atoms with Crippen LogP contribution in [0.4, 0.5) is 0 Å². The number of benzene rings is 1. The molecule has 2 rings (SSSR count). The van der Waals surface area contributed by atoms with Gasteiger partial charge in [-0.1, -0.05) is 6.07 Å². The first-order chi connectivity index (χ1) is 8.97. The van der Waals surface area contributed by atoms with Crippen molar-refractivity contribution in [2.24, 2.45) is 7.05 Å². The highest BCUT2D eigenvalue weighted by atomic mass is 16.5. The molecule has 0 saturated heterocycles. The van der Waals surface area contributed by atoms with Crippen molar-refractivity contribution in [2.45, 2.75) is 20.5 Å². The fraction of sp³-hybridized carbons (Fsp3) is 0.286. The summed E-state index contributed by atoms with van der Waals surface area (Å²) in [5, 5.41) is 13.2. The third-order valence-corrected chi connectivity index (χ3v) is 2.91. The number of hydrogen-bond acceptors (Lipinski definition) is 3. The minimum Gasteiger partial charge on any atom is -0.487 e. The Morgan fingerprint density at radius 3 is 2.68 bits per heavy atom. The van der Waals surface area contributed by atoms with Crippen LogP contribution in [0.3, 0.4) is 0 Å². The molecule has 1 N–H and O–H groups in total. The van der Waals surface area contributed by atoms with Crippen LogP contribution >= 0.6 is 0 Å². The van der Waals surface area contributed by atoms with E-state index in [0.29, 0.717) is 12.4 Å². The molecule has 19 heavy (non-hydrogen) atoms. The number of hydrogen-bond donors (Lipinski definition) is 1. The molecule has 1 aromatic heterocycles. The molecule has 100 valence electrons. The molecule has 1 heterocycles. The Morgan fingerprint density at radius 1 is 1.37 bits per heavy atom. The number of nitrogens with zero attached hydrogens (tertiary/aromatic N) is 2. The number of aryl methyl sites for hydroxylation is 3. The molecule has 1 aromatic carbocycles. The molecular formula is C14H16N2O3. The second kappa shape index (κ2) is 5.14. The largest absolute Gasteiger partial charge is 0.487 e. The van der Waals surface area contributed by atoms with Crippen molar-refractivity contribution >= 4 is 5.97 Å². The molecule has 2 aromatic rings. The Labute approximate surface area is 111 Å². The molecule has 0 radical (unpaired) electrons. The van der Waals surface area contributed by atoms with Gasteiger partial charge in [-0.25, -0.2) is 4.79 Å². The first-order valence-electron chi connectivity index (χ1n) is 5.93. The van der Waals surface area contributed by atoms with Gasteiger partial charge in [-0.15, -0.1) is 0 Å². The lowest BCUT2D eigenvalue weighted by molar-refractivity contribution is 0.0696. The van der Waals surface area contributed by atoms with Gasteiger partial charge < -0.3 is 9.84 Å². The molecule has 0 unspecified atom stereocenters. The molecule has 0 aliphatic carbocycles. The molecule has 0 aliphatic heterocycles. The number of rotatable bonds is 4.